The lowest BCUT2D eigenvalue weighted by molar-refractivity contribution is 0.285. The highest BCUT2D eigenvalue weighted by atomic mass is 32.1. The van der Waals surface area contributed by atoms with Crippen molar-refractivity contribution in [3.8, 4) is 0 Å². The van der Waals surface area contributed by atoms with Crippen molar-refractivity contribution in [3.63, 3.8) is 0 Å². The molecular formula is C11H18N2OS. The molecule has 0 aromatic carbocycles. The van der Waals surface area contributed by atoms with Crippen molar-refractivity contribution in [2.45, 2.75) is 32.8 Å². The largest absolute Gasteiger partial charge is 0.391 e. The number of hydrogen-bond acceptors (Lipinski definition) is 4. The lowest BCUT2D eigenvalue weighted by Crippen LogP contribution is -2.33. The van der Waals surface area contributed by atoms with E-state index in [1.54, 1.807) is 17.5 Å². The summed E-state index contributed by atoms with van der Waals surface area (Å²) in [5, 5.41) is 10.1. The Bertz CT molecular complexity index is 305. The third kappa shape index (κ3) is 2.49. The van der Waals surface area contributed by atoms with Gasteiger partial charge in [-0.15, -0.1) is 0 Å². The van der Waals surface area contributed by atoms with E-state index < -0.39 is 0 Å². The first-order valence-electron chi connectivity index (χ1n) is 5.64. The summed E-state index contributed by atoms with van der Waals surface area (Å²) < 4.78 is 0. The molecule has 4 heteroatoms. The monoisotopic (exact) mass is 226 g/mol. The van der Waals surface area contributed by atoms with Gasteiger partial charge in [-0.25, -0.2) is 4.98 Å². The van der Waals surface area contributed by atoms with E-state index in [-0.39, 0.29) is 6.61 Å². The van der Waals surface area contributed by atoms with Gasteiger partial charge in [0.2, 0.25) is 0 Å². The van der Waals surface area contributed by atoms with Gasteiger partial charge >= 0.3 is 0 Å². The number of aliphatic hydroxyl groups is 1. The number of aliphatic hydroxyl groups excluding tert-OH is 1. The van der Waals surface area contributed by atoms with Crippen LogP contribution in [0.25, 0.3) is 0 Å². The molecule has 1 aliphatic heterocycles. The summed E-state index contributed by atoms with van der Waals surface area (Å²) in [6.07, 6.45) is 5.65. The van der Waals surface area contributed by atoms with Gasteiger partial charge in [-0.3, -0.25) is 0 Å². The average molecular weight is 226 g/mol. The average Bonchev–Trinajstić information content (AvgIpc) is 2.78. The molecule has 15 heavy (non-hydrogen) atoms. The second-order valence-corrected chi connectivity index (χ2v) is 5.20. The van der Waals surface area contributed by atoms with Crippen LogP contribution in [-0.2, 0) is 6.61 Å². The summed E-state index contributed by atoms with van der Waals surface area (Å²) in [6, 6.07) is 0. The van der Waals surface area contributed by atoms with Gasteiger partial charge in [0.15, 0.2) is 5.13 Å². The fraction of sp³-hybridized carbons (Fsp3) is 0.727. The second-order valence-electron chi connectivity index (χ2n) is 4.11. The third-order valence-electron chi connectivity index (χ3n) is 3.16. The topological polar surface area (TPSA) is 36.4 Å². The standard InChI is InChI=1S/C11H18N2OS/c1-2-9-3-5-13(6-4-9)11-12-7-10(8-14)15-11/h7,9,14H,2-6,8H2,1H3. The highest BCUT2D eigenvalue weighted by molar-refractivity contribution is 7.15. The molecule has 0 amide bonds. The number of nitrogens with zero attached hydrogens (tertiary/aromatic N) is 2. The van der Waals surface area contributed by atoms with Crippen LogP contribution in [0.3, 0.4) is 0 Å². The van der Waals surface area contributed by atoms with Crippen LogP contribution >= 0.6 is 11.3 Å². The van der Waals surface area contributed by atoms with Crippen LogP contribution < -0.4 is 4.90 Å². The van der Waals surface area contributed by atoms with Gasteiger partial charge in [-0.2, -0.15) is 0 Å². The van der Waals surface area contributed by atoms with Crippen molar-refractivity contribution in [1.29, 1.82) is 0 Å². The fourth-order valence-corrected chi connectivity index (χ4v) is 2.87. The maximum atomic E-state index is 8.98. The van der Waals surface area contributed by atoms with E-state index in [1.165, 1.54) is 19.3 Å². The van der Waals surface area contributed by atoms with Crippen molar-refractivity contribution in [2.24, 2.45) is 5.92 Å². The molecular weight excluding hydrogens is 208 g/mol. The van der Waals surface area contributed by atoms with Gasteiger partial charge in [0, 0.05) is 19.3 Å². The van der Waals surface area contributed by atoms with Crippen molar-refractivity contribution in [3.05, 3.63) is 11.1 Å². The van der Waals surface area contributed by atoms with Gasteiger partial charge in [-0.05, 0) is 18.8 Å². The molecule has 0 radical (unpaired) electrons. The SMILES string of the molecule is CCC1CCN(c2ncc(CO)s2)CC1. The van der Waals surface area contributed by atoms with E-state index in [1.807, 2.05) is 0 Å². The van der Waals surface area contributed by atoms with E-state index in [0.717, 1.165) is 29.0 Å². The Morgan fingerprint density at radius 2 is 2.27 bits per heavy atom. The Labute approximate surface area is 94.8 Å². The van der Waals surface area contributed by atoms with Crippen LogP contribution in [0.4, 0.5) is 5.13 Å². The summed E-state index contributed by atoms with van der Waals surface area (Å²) in [5.74, 6) is 0.901. The fourth-order valence-electron chi connectivity index (χ4n) is 2.05. The minimum absolute atomic E-state index is 0.114. The lowest BCUT2D eigenvalue weighted by Gasteiger charge is -2.31. The molecule has 1 aliphatic rings. The first-order chi connectivity index (χ1) is 7.33. The number of anilines is 1. The Hall–Kier alpha value is -0.610. The molecule has 0 unspecified atom stereocenters. The predicted octanol–water partition coefficient (Wildman–Crippen LogP) is 2.26. The van der Waals surface area contributed by atoms with E-state index >= 15 is 0 Å². The van der Waals surface area contributed by atoms with Crippen LogP contribution in [0, 0.1) is 5.92 Å². The molecule has 1 saturated heterocycles. The maximum absolute atomic E-state index is 8.98. The summed E-state index contributed by atoms with van der Waals surface area (Å²) >= 11 is 1.61. The van der Waals surface area contributed by atoms with E-state index in [4.69, 9.17) is 5.11 Å². The molecule has 1 fully saturated rings. The van der Waals surface area contributed by atoms with Crippen molar-refractivity contribution in [1.82, 2.24) is 4.98 Å². The first-order valence-corrected chi connectivity index (χ1v) is 6.45. The molecule has 0 bridgehead atoms. The molecule has 3 nitrogen and oxygen atoms in total. The van der Waals surface area contributed by atoms with Gasteiger partial charge in [0.1, 0.15) is 0 Å². The summed E-state index contributed by atoms with van der Waals surface area (Å²) in [4.78, 5) is 7.65. The quantitative estimate of drug-likeness (QED) is 0.859. The molecule has 1 N–H and O–H groups in total. The number of thiazole rings is 1. The van der Waals surface area contributed by atoms with Gasteiger partial charge in [0.25, 0.3) is 0 Å². The minimum Gasteiger partial charge on any atom is -0.391 e. The summed E-state index contributed by atoms with van der Waals surface area (Å²) in [6.45, 7) is 4.63. The number of hydrogen-bond donors (Lipinski definition) is 1. The Morgan fingerprint density at radius 3 is 2.80 bits per heavy atom. The summed E-state index contributed by atoms with van der Waals surface area (Å²) in [5.41, 5.74) is 0. The second kappa shape index (κ2) is 4.94. The van der Waals surface area contributed by atoms with E-state index in [2.05, 4.69) is 16.8 Å². The lowest BCUT2D eigenvalue weighted by atomic mass is 9.95. The number of piperidine rings is 1. The molecule has 0 saturated carbocycles. The Kier molecular flexibility index (Phi) is 3.59. The van der Waals surface area contributed by atoms with E-state index in [0.29, 0.717) is 0 Å². The van der Waals surface area contributed by atoms with Crippen LogP contribution in [0.2, 0.25) is 0 Å². The Balaban J connectivity index is 1.95. The highest BCUT2D eigenvalue weighted by Gasteiger charge is 2.19. The number of aromatic nitrogens is 1. The van der Waals surface area contributed by atoms with Crippen LogP contribution in [0.15, 0.2) is 6.20 Å². The van der Waals surface area contributed by atoms with Gasteiger partial charge in [-0.1, -0.05) is 24.7 Å². The maximum Gasteiger partial charge on any atom is 0.185 e. The molecule has 84 valence electrons. The van der Waals surface area contributed by atoms with Crippen molar-refractivity contribution < 1.29 is 5.11 Å². The van der Waals surface area contributed by atoms with Crippen LogP contribution in [-0.4, -0.2) is 23.2 Å². The predicted molar refractivity (Wildman–Crippen MR) is 63.3 cm³/mol. The third-order valence-corrected chi connectivity index (χ3v) is 4.20. The molecule has 0 aliphatic carbocycles. The van der Waals surface area contributed by atoms with Crippen molar-refractivity contribution >= 4 is 16.5 Å². The molecule has 2 rings (SSSR count). The van der Waals surface area contributed by atoms with Crippen LogP contribution in [0.1, 0.15) is 31.1 Å². The van der Waals surface area contributed by atoms with Gasteiger partial charge < -0.3 is 10.0 Å². The van der Waals surface area contributed by atoms with Crippen molar-refractivity contribution in [2.75, 3.05) is 18.0 Å². The zero-order valence-electron chi connectivity index (χ0n) is 9.15. The smallest absolute Gasteiger partial charge is 0.185 e. The normalized spacial score (nSPS) is 18.4. The van der Waals surface area contributed by atoms with Gasteiger partial charge in [0.05, 0.1) is 11.5 Å². The molecule has 0 atom stereocenters. The molecule has 0 spiro atoms. The zero-order chi connectivity index (χ0) is 10.7. The molecule has 2 heterocycles. The summed E-state index contributed by atoms with van der Waals surface area (Å²) in [7, 11) is 0. The zero-order valence-corrected chi connectivity index (χ0v) is 9.96. The Morgan fingerprint density at radius 1 is 1.53 bits per heavy atom. The highest BCUT2D eigenvalue weighted by Crippen LogP contribution is 2.28. The minimum atomic E-state index is 0.114. The van der Waals surface area contributed by atoms with E-state index in [9.17, 15) is 0 Å². The first kappa shape index (κ1) is 10.9. The molecule has 1 aromatic rings. The number of rotatable bonds is 3. The molecule has 1 aromatic heterocycles. The van der Waals surface area contributed by atoms with Crippen LogP contribution in [0.5, 0.6) is 0 Å².